The van der Waals surface area contributed by atoms with Crippen LogP contribution in [-0.4, -0.2) is 29.5 Å². The lowest BCUT2D eigenvalue weighted by Crippen LogP contribution is -2.22. The van der Waals surface area contributed by atoms with Gasteiger partial charge in [0.05, 0.1) is 12.4 Å². The summed E-state index contributed by atoms with van der Waals surface area (Å²) in [4.78, 5) is 0. The predicted octanol–water partition coefficient (Wildman–Crippen LogP) is 2.31. The third-order valence-electron chi connectivity index (χ3n) is 2.51. The minimum Gasteiger partial charge on any atom is -0.489 e. The second-order valence-corrected chi connectivity index (χ2v) is 4.72. The molecule has 0 aromatic carbocycles. The molecule has 4 heteroatoms. The first-order valence-electron chi connectivity index (χ1n) is 6.58. The molecule has 1 aromatic heterocycles. The summed E-state index contributed by atoms with van der Waals surface area (Å²) in [5.74, 6) is 1.62. The maximum atomic E-state index is 5.59. The van der Waals surface area contributed by atoms with Gasteiger partial charge in [0.2, 0.25) is 0 Å². The van der Waals surface area contributed by atoms with Crippen molar-refractivity contribution in [1.82, 2.24) is 15.1 Å². The fraction of sp³-hybridized carbons (Fsp3) is 0.769. The Hall–Kier alpha value is -1.03. The van der Waals surface area contributed by atoms with Crippen LogP contribution in [0.5, 0.6) is 5.75 Å². The standard InChI is InChI=1S/C13H25N3O/c1-4-8-16-11-13(10-15-16)17-9-7-14-6-5-12(2)3/h10-12,14H,4-9H2,1-3H3. The van der Waals surface area contributed by atoms with Gasteiger partial charge in [0.25, 0.3) is 0 Å². The van der Waals surface area contributed by atoms with E-state index in [1.54, 1.807) is 6.20 Å². The molecule has 0 fully saturated rings. The predicted molar refractivity (Wildman–Crippen MR) is 70.3 cm³/mol. The number of rotatable bonds is 9. The van der Waals surface area contributed by atoms with E-state index in [4.69, 9.17) is 4.74 Å². The Morgan fingerprint density at radius 3 is 2.94 bits per heavy atom. The van der Waals surface area contributed by atoms with E-state index in [9.17, 15) is 0 Å². The van der Waals surface area contributed by atoms with E-state index in [2.05, 4.69) is 31.2 Å². The molecule has 0 unspecified atom stereocenters. The molecule has 17 heavy (non-hydrogen) atoms. The number of nitrogens with one attached hydrogen (secondary N) is 1. The van der Waals surface area contributed by atoms with Crippen molar-refractivity contribution in [3.05, 3.63) is 12.4 Å². The van der Waals surface area contributed by atoms with Crippen molar-refractivity contribution >= 4 is 0 Å². The van der Waals surface area contributed by atoms with Gasteiger partial charge in [-0.1, -0.05) is 20.8 Å². The topological polar surface area (TPSA) is 39.1 Å². The van der Waals surface area contributed by atoms with Crippen molar-refractivity contribution in [1.29, 1.82) is 0 Å². The summed E-state index contributed by atoms with van der Waals surface area (Å²) in [6.07, 6.45) is 6.05. The molecule has 1 aromatic rings. The molecular weight excluding hydrogens is 214 g/mol. The molecule has 0 bridgehead atoms. The summed E-state index contributed by atoms with van der Waals surface area (Å²) < 4.78 is 7.51. The Kier molecular flexibility index (Phi) is 6.70. The Bertz CT molecular complexity index is 297. The molecule has 1 rings (SSSR count). The van der Waals surface area contributed by atoms with E-state index >= 15 is 0 Å². The van der Waals surface area contributed by atoms with Crippen LogP contribution >= 0.6 is 0 Å². The summed E-state index contributed by atoms with van der Waals surface area (Å²) in [5.41, 5.74) is 0. The third-order valence-corrected chi connectivity index (χ3v) is 2.51. The average molecular weight is 239 g/mol. The summed E-state index contributed by atoms with van der Waals surface area (Å²) in [6.45, 7) is 10.2. The number of hydrogen-bond acceptors (Lipinski definition) is 3. The first-order valence-corrected chi connectivity index (χ1v) is 6.58. The fourth-order valence-electron chi connectivity index (χ4n) is 1.53. The number of hydrogen-bond donors (Lipinski definition) is 1. The Morgan fingerprint density at radius 1 is 1.41 bits per heavy atom. The lowest BCUT2D eigenvalue weighted by molar-refractivity contribution is 0.312. The van der Waals surface area contributed by atoms with Crippen molar-refractivity contribution < 1.29 is 4.74 Å². The van der Waals surface area contributed by atoms with Gasteiger partial charge in [0.15, 0.2) is 5.75 Å². The molecule has 0 saturated carbocycles. The van der Waals surface area contributed by atoms with Gasteiger partial charge in [-0.15, -0.1) is 0 Å². The van der Waals surface area contributed by atoms with Crippen LogP contribution < -0.4 is 10.1 Å². The monoisotopic (exact) mass is 239 g/mol. The SMILES string of the molecule is CCCn1cc(OCCNCCC(C)C)cn1. The van der Waals surface area contributed by atoms with Crippen LogP contribution in [0.3, 0.4) is 0 Å². The molecule has 0 spiro atoms. The molecule has 0 aliphatic heterocycles. The zero-order chi connectivity index (χ0) is 12.5. The van der Waals surface area contributed by atoms with Crippen LogP contribution in [0.4, 0.5) is 0 Å². The van der Waals surface area contributed by atoms with Crippen molar-refractivity contribution in [3.63, 3.8) is 0 Å². The lowest BCUT2D eigenvalue weighted by atomic mass is 10.1. The van der Waals surface area contributed by atoms with E-state index in [1.165, 1.54) is 6.42 Å². The Balaban J connectivity index is 2.05. The highest BCUT2D eigenvalue weighted by molar-refractivity contribution is 5.11. The van der Waals surface area contributed by atoms with Gasteiger partial charge in [-0.3, -0.25) is 4.68 Å². The summed E-state index contributed by atoms with van der Waals surface area (Å²) in [5, 5.41) is 7.58. The molecule has 0 aliphatic carbocycles. The van der Waals surface area contributed by atoms with Gasteiger partial charge in [-0.25, -0.2) is 0 Å². The molecule has 0 saturated heterocycles. The molecule has 0 radical (unpaired) electrons. The highest BCUT2D eigenvalue weighted by Crippen LogP contribution is 2.07. The summed E-state index contributed by atoms with van der Waals surface area (Å²) in [7, 11) is 0. The van der Waals surface area contributed by atoms with Crippen molar-refractivity contribution in [2.45, 2.75) is 40.2 Å². The van der Waals surface area contributed by atoms with Gasteiger partial charge in [0, 0.05) is 13.1 Å². The minimum atomic E-state index is 0.704. The maximum absolute atomic E-state index is 5.59. The highest BCUT2D eigenvalue weighted by Gasteiger charge is 1.98. The largest absolute Gasteiger partial charge is 0.489 e. The van der Waals surface area contributed by atoms with E-state index in [-0.39, 0.29) is 0 Å². The summed E-state index contributed by atoms with van der Waals surface area (Å²) >= 11 is 0. The lowest BCUT2D eigenvalue weighted by Gasteiger charge is -2.07. The first kappa shape index (κ1) is 14.0. The van der Waals surface area contributed by atoms with Crippen molar-refractivity contribution in [2.24, 2.45) is 5.92 Å². The zero-order valence-corrected chi connectivity index (χ0v) is 11.3. The Labute approximate surface area is 104 Å². The molecule has 98 valence electrons. The maximum Gasteiger partial charge on any atom is 0.157 e. The van der Waals surface area contributed by atoms with E-state index < -0.39 is 0 Å². The van der Waals surface area contributed by atoms with Crippen LogP contribution in [0.2, 0.25) is 0 Å². The van der Waals surface area contributed by atoms with Crippen LogP contribution in [0.1, 0.15) is 33.6 Å². The minimum absolute atomic E-state index is 0.704. The molecule has 0 aliphatic rings. The van der Waals surface area contributed by atoms with Gasteiger partial charge >= 0.3 is 0 Å². The van der Waals surface area contributed by atoms with Gasteiger partial charge in [-0.2, -0.15) is 5.10 Å². The van der Waals surface area contributed by atoms with E-state index in [0.29, 0.717) is 6.61 Å². The number of nitrogens with zero attached hydrogens (tertiary/aromatic N) is 2. The van der Waals surface area contributed by atoms with Crippen LogP contribution in [0.25, 0.3) is 0 Å². The normalized spacial score (nSPS) is 11.1. The van der Waals surface area contributed by atoms with Gasteiger partial charge in [0.1, 0.15) is 6.61 Å². The van der Waals surface area contributed by atoms with Crippen LogP contribution in [0, 0.1) is 5.92 Å². The molecule has 0 atom stereocenters. The molecule has 4 nitrogen and oxygen atoms in total. The summed E-state index contributed by atoms with van der Waals surface area (Å²) in [6, 6.07) is 0. The number of ether oxygens (including phenoxy) is 1. The second kappa shape index (κ2) is 8.12. The second-order valence-electron chi connectivity index (χ2n) is 4.72. The van der Waals surface area contributed by atoms with E-state index in [1.807, 2.05) is 10.9 Å². The van der Waals surface area contributed by atoms with Crippen LogP contribution in [-0.2, 0) is 6.54 Å². The Morgan fingerprint density at radius 2 is 2.24 bits per heavy atom. The molecule has 0 amide bonds. The number of aromatic nitrogens is 2. The van der Waals surface area contributed by atoms with Crippen LogP contribution in [0.15, 0.2) is 12.4 Å². The first-order chi connectivity index (χ1) is 8.22. The molecular formula is C13H25N3O. The third kappa shape index (κ3) is 6.31. The fourth-order valence-corrected chi connectivity index (χ4v) is 1.53. The van der Waals surface area contributed by atoms with E-state index in [0.717, 1.165) is 37.7 Å². The average Bonchev–Trinajstić information content (AvgIpc) is 2.71. The smallest absolute Gasteiger partial charge is 0.157 e. The van der Waals surface area contributed by atoms with Crippen molar-refractivity contribution in [2.75, 3.05) is 19.7 Å². The van der Waals surface area contributed by atoms with Gasteiger partial charge < -0.3 is 10.1 Å². The number of aryl methyl sites for hydroxylation is 1. The van der Waals surface area contributed by atoms with Crippen molar-refractivity contribution in [3.8, 4) is 5.75 Å². The molecule has 1 N–H and O–H groups in total. The quantitative estimate of drug-likeness (QED) is 0.672. The molecule has 1 heterocycles. The zero-order valence-electron chi connectivity index (χ0n) is 11.3. The van der Waals surface area contributed by atoms with Gasteiger partial charge in [-0.05, 0) is 25.3 Å². The highest BCUT2D eigenvalue weighted by atomic mass is 16.5.